The van der Waals surface area contributed by atoms with Crippen LogP contribution < -0.4 is 5.32 Å². The topological polar surface area (TPSA) is 66.5 Å². The Labute approximate surface area is 147 Å². The average molecular weight is 507 g/mol. The fraction of sp³-hybridized carbons (Fsp3) is 0. The highest BCUT2D eigenvalue weighted by Crippen LogP contribution is 2.28. The molecule has 3 aromatic rings. The van der Waals surface area contributed by atoms with Crippen molar-refractivity contribution in [1.82, 2.24) is 20.2 Å². The summed E-state index contributed by atoms with van der Waals surface area (Å²) in [6.45, 7) is 0. The SMILES string of the molecule is Fc1cc(I)ccc1Nc1cnccc1-c1n[nH]c(I)n1. The van der Waals surface area contributed by atoms with Gasteiger partial charge in [0, 0.05) is 37.9 Å². The first-order valence-electron chi connectivity index (χ1n) is 5.88. The summed E-state index contributed by atoms with van der Waals surface area (Å²) in [4.78, 5) is 8.34. The summed E-state index contributed by atoms with van der Waals surface area (Å²) in [6.07, 6.45) is 3.27. The molecule has 0 saturated carbocycles. The lowest BCUT2D eigenvalue weighted by Crippen LogP contribution is -1.98. The lowest BCUT2D eigenvalue weighted by atomic mass is 10.2. The first-order valence-corrected chi connectivity index (χ1v) is 8.03. The molecule has 0 aliphatic heterocycles. The van der Waals surface area contributed by atoms with Crippen LogP contribution in [0.5, 0.6) is 0 Å². The number of H-pyrrole nitrogens is 1. The Bertz CT molecular complexity index is 790. The van der Waals surface area contributed by atoms with Crippen molar-refractivity contribution in [3.8, 4) is 11.4 Å². The minimum Gasteiger partial charge on any atom is -0.351 e. The van der Waals surface area contributed by atoms with Gasteiger partial charge in [-0.05, 0) is 46.9 Å². The number of nitrogens with one attached hydrogen (secondary N) is 2. The predicted molar refractivity (Wildman–Crippen MR) is 94.7 cm³/mol. The molecule has 1 aromatic carbocycles. The van der Waals surface area contributed by atoms with Crippen LogP contribution in [0, 0.1) is 13.2 Å². The van der Waals surface area contributed by atoms with Crippen molar-refractivity contribution in [2.24, 2.45) is 0 Å². The number of halogens is 3. The monoisotopic (exact) mass is 507 g/mol. The van der Waals surface area contributed by atoms with E-state index in [9.17, 15) is 4.39 Å². The zero-order valence-corrected chi connectivity index (χ0v) is 14.8. The van der Waals surface area contributed by atoms with E-state index < -0.39 is 0 Å². The summed E-state index contributed by atoms with van der Waals surface area (Å²) >= 11 is 4.11. The van der Waals surface area contributed by atoms with Gasteiger partial charge in [-0.15, -0.1) is 0 Å². The van der Waals surface area contributed by atoms with Crippen LogP contribution in [-0.4, -0.2) is 20.2 Å². The first-order chi connectivity index (χ1) is 10.1. The maximum atomic E-state index is 13.9. The van der Waals surface area contributed by atoms with Crippen LogP contribution in [0.15, 0.2) is 36.7 Å². The standard InChI is InChI=1S/C13H8FI2N5/c14-9-5-7(15)1-2-10(9)18-11-6-17-4-3-8(11)12-19-13(16)21-20-12/h1-6,18H,(H,19,20,21). The first kappa shape index (κ1) is 14.6. The Balaban J connectivity index is 1.99. The maximum absolute atomic E-state index is 13.9. The molecule has 2 heterocycles. The summed E-state index contributed by atoms with van der Waals surface area (Å²) in [6, 6.07) is 6.77. The number of hydrogen-bond donors (Lipinski definition) is 2. The Morgan fingerprint density at radius 3 is 2.71 bits per heavy atom. The molecule has 8 heteroatoms. The van der Waals surface area contributed by atoms with Gasteiger partial charge in [0.2, 0.25) is 0 Å². The van der Waals surface area contributed by atoms with E-state index in [4.69, 9.17) is 0 Å². The van der Waals surface area contributed by atoms with Crippen molar-refractivity contribution >= 4 is 56.6 Å². The second-order valence-electron chi connectivity index (χ2n) is 4.12. The van der Waals surface area contributed by atoms with E-state index in [1.165, 1.54) is 6.07 Å². The number of benzene rings is 1. The van der Waals surface area contributed by atoms with Gasteiger partial charge in [0.25, 0.3) is 0 Å². The normalized spacial score (nSPS) is 10.6. The molecule has 0 radical (unpaired) electrons. The van der Waals surface area contributed by atoms with Crippen molar-refractivity contribution in [2.75, 3.05) is 5.32 Å². The number of pyridine rings is 1. The van der Waals surface area contributed by atoms with E-state index in [1.54, 1.807) is 24.5 Å². The summed E-state index contributed by atoms with van der Waals surface area (Å²) in [7, 11) is 0. The molecule has 106 valence electrons. The molecule has 0 unspecified atom stereocenters. The quantitative estimate of drug-likeness (QED) is 0.528. The Morgan fingerprint density at radius 1 is 1.14 bits per heavy atom. The van der Waals surface area contributed by atoms with E-state index in [2.05, 4.69) is 48.1 Å². The molecule has 0 atom stereocenters. The Kier molecular flexibility index (Phi) is 4.33. The molecular weight excluding hydrogens is 499 g/mol. The van der Waals surface area contributed by atoms with Crippen LogP contribution in [0.25, 0.3) is 11.4 Å². The highest BCUT2D eigenvalue weighted by atomic mass is 127. The Morgan fingerprint density at radius 2 is 2.00 bits per heavy atom. The van der Waals surface area contributed by atoms with Gasteiger partial charge in [-0.3, -0.25) is 10.1 Å². The molecule has 0 aliphatic rings. The molecule has 0 amide bonds. The smallest absolute Gasteiger partial charge is 0.187 e. The number of aromatic nitrogens is 4. The van der Waals surface area contributed by atoms with E-state index in [-0.39, 0.29) is 5.82 Å². The minimum absolute atomic E-state index is 0.318. The number of nitrogens with zero attached hydrogens (tertiary/aromatic N) is 3. The molecule has 3 rings (SSSR count). The average Bonchev–Trinajstić information content (AvgIpc) is 2.89. The predicted octanol–water partition coefficient (Wildman–Crippen LogP) is 3.96. The van der Waals surface area contributed by atoms with Gasteiger partial charge in [0.05, 0.1) is 17.6 Å². The molecule has 21 heavy (non-hydrogen) atoms. The van der Waals surface area contributed by atoms with E-state index in [0.717, 1.165) is 9.13 Å². The lowest BCUT2D eigenvalue weighted by molar-refractivity contribution is 0.631. The lowest BCUT2D eigenvalue weighted by Gasteiger charge is -2.10. The van der Waals surface area contributed by atoms with Gasteiger partial charge >= 0.3 is 0 Å². The third-order valence-electron chi connectivity index (χ3n) is 2.72. The van der Waals surface area contributed by atoms with Gasteiger partial charge in [-0.25, -0.2) is 9.37 Å². The largest absolute Gasteiger partial charge is 0.351 e. The molecule has 0 fully saturated rings. The van der Waals surface area contributed by atoms with Crippen molar-refractivity contribution in [1.29, 1.82) is 0 Å². The van der Waals surface area contributed by atoms with Gasteiger partial charge in [0.1, 0.15) is 5.82 Å². The van der Waals surface area contributed by atoms with Crippen molar-refractivity contribution in [3.05, 3.63) is 49.9 Å². The third kappa shape index (κ3) is 3.31. The van der Waals surface area contributed by atoms with Crippen LogP contribution in [-0.2, 0) is 0 Å². The van der Waals surface area contributed by atoms with E-state index >= 15 is 0 Å². The summed E-state index contributed by atoms with van der Waals surface area (Å²) < 4.78 is 15.5. The van der Waals surface area contributed by atoms with Gasteiger partial charge in [-0.2, -0.15) is 5.10 Å². The maximum Gasteiger partial charge on any atom is 0.187 e. The zero-order valence-electron chi connectivity index (χ0n) is 10.4. The number of aromatic amines is 1. The molecule has 0 spiro atoms. The molecule has 2 aromatic heterocycles. The minimum atomic E-state index is -0.318. The zero-order chi connectivity index (χ0) is 14.8. The second kappa shape index (κ2) is 6.22. The molecule has 2 N–H and O–H groups in total. The van der Waals surface area contributed by atoms with Crippen molar-refractivity contribution < 1.29 is 4.39 Å². The van der Waals surface area contributed by atoms with Gasteiger partial charge in [0.15, 0.2) is 9.66 Å². The van der Waals surface area contributed by atoms with E-state index in [1.807, 2.05) is 28.7 Å². The molecule has 5 nitrogen and oxygen atoms in total. The van der Waals surface area contributed by atoms with Gasteiger partial charge in [-0.1, -0.05) is 0 Å². The number of rotatable bonds is 3. The second-order valence-corrected chi connectivity index (χ2v) is 6.39. The molecular formula is C13H8FI2N5. The summed E-state index contributed by atoms with van der Waals surface area (Å²) in [5, 5.41) is 9.94. The molecule has 0 saturated heterocycles. The third-order valence-corrected chi connectivity index (χ3v) is 3.87. The molecule has 0 bridgehead atoms. The van der Waals surface area contributed by atoms with Crippen LogP contribution in [0.2, 0.25) is 0 Å². The number of anilines is 2. The van der Waals surface area contributed by atoms with Crippen LogP contribution >= 0.6 is 45.2 Å². The van der Waals surface area contributed by atoms with Crippen LogP contribution in [0.4, 0.5) is 15.8 Å². The molecule has 0 aliphatic carbocycles. The summed E-state index contributed by atoms with van der Waals surface area (Å²) in [5.74, 6) is 0.219. The van der Waals surface area contributed by atoms with Crippen molar-refractivity contribution in [3.63, 3.8) is 0 Å². The van der Waals surface area contributed by atoms with Crippen LogP contribution in [0.3, 0.4) is 0 Å². The van der Waals surface area contributed by atoms with Gasteiger partial charge < -0.3 is 5.32 Å². The Hall–Kier alpha value is -1.30. The van der Waals surface area contributed by atoms with Crippen molar-refractivity contribution in [2.45, 2.75) is 0 Å². The summed E-state index contributed by atoms with van der Waals surface area (Å²) in [5.41, 5.74) is 1.78. The van der Waals surface area contributed by atoms with E-state index in [0.29, 0.717) is 21.0 Å². The highest BCUT2D eigenvalue weighted by Gasteiger charge is 2.12. The fourth-order valence-electron chi connectivity index (χ4n) is 1.79. The highest BCUT2D eigenvalue weighted by molar-refractivity contribution is 14.1. The van der Waals surface area contributed by atoms with Crippen LogP contribution in [0.1, 0.15) is 0 Å². The number of hydrogen-bond acceptors (Lipinski definition) is 4. The fourth-order valence-corrected chi connectivity index (χ4v) is 2.59.